The molecule has 0 saturated carbocycles. The molecule has 14 heavy (non-hydrogen) atoms. The number of rotatable bonds is 0. The third kappa shape index (κ3) is 225. The summed E-state index contributed by atoms with van der Waals surface area (Å²) < 4.78 is 77.2. The summed E-state index contributed by atoms with van der Waals surface area (Å²) in [4.78, 5) is 0. The van der Waals surface area contributed by atoms with Crippen LogP contribution in [-0.4, -0.2) is 0 Å². The fourth-order valence-corrected chi connectivity index (χ4v) is 0. The molecule has 0 spiro atoms. The summed E-state index contributed by atoms with van der Waals surface area (Å²) in [5.41, 5.74) is 0. The van der Waals surface area contributed by atoms with Crippen LogP contribution in [0.5, 0.6) is 0 Å². The van der Waals surface area contributed by atoms with Crippen molar-refractivity contribution in [2.45, 2.75) is 0 Å². The van der Waals surface area contributed by atoms with Crippen LogP contribution in [0.3, 0.4) is 0 Å². The molecular formula is Nd2O9Ti3. The first kappa shape index (κ1) is 30.8. The summed E-state index contributed by atoms with van der Waals surface area (Å²) in [6.07, 6.45) is 0. The SMILES string of the molecule is [Nd+3].[Nd+3].[O]=[Ti]([O-])[O-].[O]=[Ti]([O-])[O-].[O]=[Ti]([O-])[O-]. The molecule has 0 atom stereocenters. The Balaban J connectivity index is -0.0000000270. The zero-order valence-corrected chi connectivity index (χ0v) is 17.3. The Labute approximate surface area is 165 Å². The van der Waals surface area contributed by atoms with Gasteiger partial charge in [0.05, 0.1) is 0 Å². The Bertz CT molecular complexity index is 116. The van der Waals surface area contributed by atoms with Crippen molar-refractivity contribution in [3.05, 3.63) is 0 Å². The fourth-order valence-electron chi connectivity index (χ4n) is 0. The molecule has 0 aliphatic carbocycles. The van der Waals surface area contributed by atoms with Crippen molar-refractivity contribution in [3.63, 3.8) is 0 Å². The third-order valence-electron chi connectivity index (χ3n) is 0. The normalized spacial score (nSPS) is 5.57. The van der Waals surface area contributed by atoms with Gasteiger partial charge in [0, 0.05) is 0 Å². The van der Waals surface area contributed by atoms with Crippen LogP contribution in [0.1, 0.15) is 0 Å². The molecule has 0 aliphatic rings. The Morgan fingerprint density at radius 3 is 0.500 bits per heavy atom. The van der Waals surface area contributed by atoms with Gasteiger partial charge in [-0.1, -0.05) is 0 Å². The second-order valence-electron chi connectivity index (χ2n) is 0.750. The average Bonchev–Trinajstić information content (AvgIpc) is 1.54. The molecule has 2 radical (unpaired) electrons. The topological polar surface area (TPSA) is 190 Å². The first-order valence-corrected chi connectivity index (χ1v) is 7.57. The zero-order chi connectivity index (χ0) is 10.7. The van der Waals surface area contributed by atoms with E-state index in [0.29, 0.717) is 0 Å². The molecular weight excluding hydrogens is 576 g/mol. The van der Waals surface area contributed by atoms with Crippen molar-refractivity contribution in [1.82, 2.24) is 0 Å². The third-order valence-corrected chi connectivity index (χ3v) is 0. The van der Waals surface area contributed by atoms with Crippen LogP contribution in [0.25, 0.3) is 0 Å². The molecule has 9 nitrogen and oxygen atoms in total. The van der Waals surface area contributed by atoms with E-state index in [2.05, 4.69) is 0 Å². The van der Waals surface area contributed by atoms with Crippen molar-refractivity contribution in [1.29, 1.82) is 0 Å². The molecule has 0 unspecified atom stereocenters. The summed E-state index contributed by atoms with van der Waals surface area (Å²) in [6, 6.07) is 0. The summed E-state index contributed by atoms with van der Waals surface area (Å²) in [6.45, 7) is 0. The molecule has 0 aliphatic heterocycles. The van der Waals surface area contributed by atoms with E-state index in [1.54, 1.807) is 0 Å². The summed E-state index contributed by atoms with van der Waals surface area (Å²) >= 11 is -12.2. The maximum atomic E-state index is 8.58. The Kier molecular flexibility index (Phi) is 56.6. The van der Waals surface area contributed by atoms with Crippen molar-refractivity contribution >= 4 is 0 Å². The molecule has 0 aromatic carbocycles. The van der Waals surface area contributed by atoms with Crippen molar-refractivity contribution < 1.29 is 170 Å². The summed E-state index contributed by atoms with van der Waals surface area (Å²) in [7, 11) is 0. The molecule has 0 fully saturated rings. The van der Waals surface area contributed by atoms with Crippen LogP contribution in [-0.2, 0) is 65.8 Å². The van der Waals surface area contributed by atoms with Crippen LogP contribution >= 0.6 is 0 Å². The van der Waals surface area contributed by atoms with Crippen LogP contribution in [0.2, 0.25) is 0 Å². The van der Waals surface area contributed by atoms with E-state index in [9.17, 15) is 0 Å². The van der Waals surface area contributed by atoms with E-state index in [4.69, 9.17) is 32.1 Å². The quantitative estimate of drug-likeness (QED) is 0.252. The predicted molar refractivity (Wildman–Crippen MR) is 2.06 cm³/mol. The van der Waals surface area contributed by atoms with Crippen molar-refractivity contribution in [2.24, 2.45) is 0 Å². The van der Waals surface area contributed by atoms with E-state index < -0.39 is 55.8 Å². The molecule has 14 heteroatoms. The van der Waals surface area contributed by atoms with Crippen LogP contribution in [0.4, 0.5) is 0 Å². The van der Waals surface area contributed by atoms with Gasteiger partial charge in [-0.3, -0.25) is 0 Å². The van der Waals surface area contributed by atoms with Crippen LogP contribution in [0, 0.1) is 81.7 Å². The Morgan fingerprint density at radius 1 is 0.500 bits per heavy atom. The minimum absolute atomic E-state index is 0. The number of hydrogen-bond donors (Lipinski definition) is 0. The van der Waals surface area contributed by atoms with E-state index in [0.717, 1.165) is 0 Å². The summed E-state index contributed by atoms with van der Waals surface area (Å²) in [5.74, 6) is 0. The Hall–Kier alpha value is 4.00. The first-order chi connectivity index (χ1) is 5.20. The van der Waals surface area contributed by atoms with Gasteiger partial charge in [0.1, 0.15) is 0 Å². The zero-order valence-electron chi connectivity index (χ0n) is 6.17. The second-order valence-corrected chi connectivity index (χ2v) is 3.09. The van der Waals surface area contributed by atoms with Gasteiger partial charge in [-0.2, -0.15) is 0 Å². The standard InChI is InChI=1S/2Nd.9O.3Ti/q2*+3;;;;6*-1;;;. The van der Waals surface area contributed by atoms with Gasteiger partial charge in [-0.25, -0.2) is 0 Å². The molecule has 74 valence electrons. The van der Waals surface area contributed by atoms with Gasteiger partial charge >= 0.3 is 170 Å². The maximum absolute atomic E-state index is 8.58. The van der Waals surface area contributed by atoms with E-state index in [1.165, 1.54) is 0 Å². The van der Waals surface area contributed by atoms with Gasteiger partial charge in [-0.15, -0.1) is 0 Å². The van der Waals surface area contributed by atoms with Gasteiger partial charge in [-0.05, 0) is 0 Å². The molecule has 0 aromatic rings. The molecule has 0 heterocycles. The van der Waals surface area contributed by atoms with Gasteiger partial charge in [0.2, 0.25) is 0 Å². The molecule has 0 amide bonds. The molecule has 0 saturated heterocycles. The molecule has 0 N–H and O–H groups in total. The molecule has 0 aromatic heterocycles. The van der Waals surface area contributed by atoms with Crippen molar-refractivity contribution in [2.75, 3.05) is 0 Å². The summed E-state index contributed by atoms with van der Waals surface area (Å²) in [5, 5.41) is 0. The van der Waals surface area contributed by atoms with Crippen molar-refractivity contribution in [3.8, 4) is 0 Å². The van der Waals surface area contributed by atoms with Gasteiger partial charge < -0.3 is 0 Å². The molecule has 0 rings (SSSR count). The monoisotopic (exact) mass is 572 g/mol. The minimum atomic E-state index is -4.08. The fraction of sp³-hybridized carbons (Fsp3) is 0. The van der Waals surface area contributed by atoms with E-state index in [-0.39, 0.29) is 81.7 Å². The Morgan fingerprint density at radius 2 is 0.500 bits per heavy atom. The first-order valence-electron chi connectivity index (χ1n) is 1.84. The molecule has 0 bridgehead atoms. The predicted octanol–water partition coefficient (Wildman–Crippen LogP) is -7.50. The van der Waals surface area contributed by atoms with Crippen LogP contribution in [0.15, 0.2) is 0 Å². The van der Waals surface area contributed by atoms with Gasteiger partial charge in [0.25, 0.3) is 0 Å². The van der Waals surface area contributed by atoms with Crippen LogP contribution < -0.4 is 22.1 Å². The number of hydrogen-bond acceptors (Lipinski definition) is 9. The van der Waals surface area contributed by atoms with E-state index >= 15 is 0 Å². The average molecular weight is 576 g/mol. The van der Waals surface area contributed by atoms with Gasteiger partial charge in [0.15, 0.2) is 0 Å². The second kappa shape index (κ2) is 25.8. The van der Waals surface area contributed by atoms with E-state index in [1.807, 2.05) is 0 Å².